The SMILES string of the molecule is C=CO[Si](C)(C)O[Si](C)(C)OC=C. The van der Waals surface area contributed by atoms with Crippen LogP contribution in [0, 0.1) is 0 Å². The van der Waals surface area contributed by atoms with E-state index in [0.29, 0.717) is 0 Å². The molecule has 0 aliphatic rings. The van der Waals surface area contributed by atoms with Crippen molar-refractivity contribution in [2.24, 2.45) is 0 Å². The van der Waals surface area contributed by atoms with Crippen LogP contribution in [0.5, 0.6) is 0 Å². The van der Waals surface area contributed by atoms with Gasteiger partial charge in [0.1, 0.15) is 0 Å². The highest BCUT2D eigenvalue weighted by Gasteiger charge is 2.37. The van der Waals surface area contributed by atoms with Crippen LogP contribution in [-0.2, 0) is 13.0 Å². The molecule has 0 saturated carbocycles. The zero-order chi connectivity index (χ0) is 10.5. The minimum absolute atomic E-state index is 1.42. The summed E-state index contributed by atoms with van der Waals surface area (Å²) in [6.07, 6.45) is 2.84. The molecule has 0 aliphatic carbocycles. The van der Waals surface area contributed by atoms with Crippen LogP contribution in [-0.4, -0.2) is 17.1 Å². The van der Waals surface area contributed by atoms with Gasteiger partial charge in [0, 0.05) is 0 Å². The molecule has 5 heteroatoms. The molecule has 76 valence electrons. The maximum absolute atomic E-state index is 5.80. The Morgan fingerprint density at radius 1 is 0.846 bits per heavy atom. The van der Waals surface area contributed by atoms with Crippen molar-refractivity contribution in [3.05, 3.63) is 25.7 Å². The first-order valence-corrected chi connectivity index (χ1v) is 9.74. The summed E-state index contributed by atoms with van der Waals surface area (Å²) in [5.74, 6) is 0. The Labute approximate surface area is 82.5 Å². The van der Waals surface area contributed by atoms with Gasteiger partial charge >= 0.3 is 17.1 Å². The summed E-state index contributed by atoms with van der Waals surface area (Å²) < 4.78 is 16.4. The van der Waals surface area contributed by atoms with Crippen molar-refractivity contribution in [2.75, 3.05) is 0 Å². The van der Waals surface area contributed by atoms with Crippen LogP contribution >= 0.6 is 0 Å². The highest BCUT2D eigenvalue weighted by atomic mass is 28.5. The van der Waals surface area contributed by atoms with Crippen molar-refractivity contribution in [3.63, 3.8) is 0 Å². The molecule has 0 rings (SSSR count). The van der Waals surface area contributed by atoms with Gasteiger partial charge in [0.2, 0.25) is 0 Å². The summed E-state index contributed by atoms with van der Waals surface area (Å²) >= 11 is 0. The fraction of sp³-hybridized carbons (Fsp3) is 0.500. The summed E-state index contributed by atoms with van der Waals surface area (Å²) in [5.41, 5.74) is 0. The van der Waals surface area contributed by atoms with Crippen molar-refractivity contribution < 1.29 is 13.0 Å². The van der Waals surface area contributed by atoms with E-state index in [4.69, 9.17) is 13.0 Å². The minimum atomic E-state index is -2.11. The Morgan fingerprint density at radius 2 is 1.15 bits per heavy atom. The Bertz CT molecular complexity index is 170. The molecule has 0 bridgehead atoms. The molecule has 0 aromatic rings. The first kappa shape index (κ1) is 12.5. The van der Waals surface area contributed by atoms with E-state index >= 15 is 0 Å². The van der Waals surface area contributed by atoms with Crippen molar-refractivity contribution in [2.45, 2.75) is 26.2 Å². The predicted molar refractivity (Wildman–Crippen MR) is 58.6 cm³/mol. The summed E-state index contributed by atoms with van der Waals surface area (Å²) in [7, 11) is -4.21. The first-order chi connectivity index (χ1) is 5.83. The molecule has 0 fully saturated rings. The van der Waals surface area contributed by atoms with Crippen LogP contribution in [0.3, 0.4) is 0 Å². The van der Waals surface area contributed by atoms with Gasteiger partial charge in [-0.15, -0.1) is 0 Å². The summed E-state index contributed by atoms with van der Waals surface area (Å²) in [6, 6.07) is 0. The number of hydrogen-bond donors (Lipinski definition) is 0. The van der Waals surface area contributed by atoms with E-state index in [9.17, 15) is 0 Å². The predicted octanol–water partition coefficient (Wildman–Crippen LogP) is 2.73. The lowest BCUT2D eigenvalue weighted by Gasteiger charge is -2.30. The second-order valence-corrected chi connectivity index (χ2v) is 10.4. The largest absolute Gasteiger partial charge is 0.528 e. The maximum atomic E-state index is 5.80. The van der Waals surface area contributed by atoms with Crippen molar-refractivity contribution in [3.8, 4) is 0 Å². The number of rotatable bonds is 6. The van der Waals surface area contributed by atoms with Gasteiger partial charge in [0.15, 0.2) is 0 Å². The second-order valence-electron chi connectivity index (χ2n) is 3.47. The quantitative estimate of drug-likeness (QED) is 0.507. The maximum Gasteiger partial charge on any atom is 0.383 e. The lowest BCUT2D eigenvalue weighted by molar-refractivity contribution is 0.290. The summed E-state index contributed by atoms with van der Waals surface area (Å²) in [4.78, 5) is 0. The van der Waals surface area contributed by atoms with Crippen LogP contribution in [0.15, 0.2) is 25.7 Å². The molecule has 0 atom stereocenters. The van der Waals surface area contributed by atoms with E-state index in [1.54, 1.807) is 0 Å². The van der Waals surface area contributed by atoms with E-state index < -0.39 is 17.1 Å². The highest BCUT2D eigenvalue weighted by Crippen LogP contribution is 2.16. The van der Waals surface area contributed by atoms with Crippen molar-refractivity contribution in [1.29, 1.82) is 0 Å². The molecule has 0 spiro atoms. The van der Waals surface area contributed by atoms with Crippen LogP contribution in [0.2, 0.25) is 26.2 Å². The zero-order valence-electron chi connectivity index (χ0n) is 8.79. The van der Waals surface area contributed by atoms with E-state index in [-0.39, 0.29) is 0 Å². The molecule has 0 aliphatic heterocycles. The third kappa shape index (κ3) is 5.67. The van der Waals surface area contributed by atoms with Gasteiger partial charge < -0.3 is 13.0 Å². The van der Waals surface area contributed by atoms with Gasteiger partial charge in [-0.1, -0.05) is 13.2 Å². The molecule has 0 saturated heterocycles. The van der Waals surface area contributed by atoms with Gasteiger partial charge in [0.25, 0.3) is 0 Å². The smallest absolute Gasteiger partial charge is 0.383 e. The zero-order valence-corrected chi connectivity index (χ0v) is 10.8. The highest BCUT2D eigenvalue weighted by molar-refractivity contribution is 6.78. The number of hydrogen-bond acceptors (Lipinski definition) is 3. The van der Waals surface area contributed by atoms with Crippen molar-refractivity contribution in [1.82, 2.24) is 0 Å². The topological polar surface area (TPSA) is 27.7 Å². The van der Waals surface area contributed by atoms with Gasteiger partial charge in [0.05, 0.1) is 12.5 Å². The Kier molecular flexibility index (Phi) is 4.45. The summed E-state index contributed by atoms with van der Waals surface area (Å²) in [6.45, 7) is 14.8. The van der Waals surface area contributed by atoms with Crippen LogP contribution in [0.4, 0.5) is 0 Å². The van der Waals surface area contributed by atoms with E-state index in [2.05, 4.69) is 13.2 Å². The molecule has 0 N–H and O–H groups in total. The third-order valence-corrected chi connectivity index (χ3v) is 6.63. The molecular weight excluding hydrogens is 200 g/mol. The first-order valence-electron chi connectivity index (χ1n) is 4.10. The molecule has 0 amide bonds. The average Bonchev–Trinajstić information content (AvgIpc) is 1.82. The van der Waals surface area contributed by atoms with Gasteiger partial charge in [-0.2, -0.15) is 0 Å². The van der Waals surface area contributed by atoms with Crippen molar-refractivity contribution >= 4 is 17.1 Å². The van der Waals surface area contributed by atoms with E-state index in [1.165, 1.54) is 12.5 Å². The van der Waals surface area contributed by atoms with Crippen LogP contribution < -0.4 is 0 Å². The second kappa shape index (κ2) is 4.64. The fourth-order valence-corrected chi connectivity index (χ4v) is 6.96. The summed E-state index contributed by atoms with van der Waals surface area (Å²) in [5, 5.41) is 0. The van der Waals surface area contributed by atoms with Crippen LogP contribution in [0.1, 0.15) is 0 Å². The van der Waals surface area contributed by atoms with Crippen LogP contribution in [0.25, 0.3) is 0 Å². The fourth-order valence-electron chi connectivity index (χ4n) is 1.04. The molecule has 13 heavy (non-hydrogen) atoms. The Hall–Kier alpha value is -0.526. The van der Waals surface area contributed by atoms with Gasteiger partial charge in [-0.25, -0.2) is 0 Å². The normalized spacial score (nSPS) is 12.0. The Balaban J connectivity index is 4.22. The molecule has 0 heterocycles. The van der Waals surface area contributed by atoms with E-state index in [1.807, 2.05) is 26.2 Å². The standard InChI is InChI=1S/C8H18O3Si2/c1-7-9-12(3,4)11-13(5,6)10-8-2/h7-8H,1-2H2,3-6H3. The molecule has 0 aromatic carbocycles. The average molecular weight is 218 g/mol. The minimum Gasteiger partial charge on any atom is -0.528 e. The van der Waals surface area contributed by atoms with Gasteiger partial charge in [-0.3, -0.25) is 0 Å². The Morgan fingerprint density at radius 3 is 1.38 bits per heavy atom. The molecule has 0 unspecified atom stereocenters. The molecule has 3 nitrogen and oxygen atoms in total. The lowest BCUT2D eigenvalue weighted by Crippen LogP contribution is -2.46. The molecular formula is C8H18O3Si2. The molecule has 0 aromatic heterocycles. The third-order valence-electron chi connectivity index (χ3n) is 1.23. The lowest BCUT2D eigenvalue weighted by atomic mass is 11.2. The monoisotopic (exact) mass is 218 g/mol. The van der Waals surface area contributed by atoms with Gasteiger partial charge in [-0.05, 0) is 26.2 Å². The molecule has 0 radical (unpaired) electrons. The van der Waals surface area contributed by atoms with E-state index in [0.717, 1.165) is 0 Å².